The molecule has 10 heteroatoms. The molecule has 1 N–H and O–H groups in total. The average molecular weight is 531 g/mol. The summed E-state index contributed by atoms with van der Waals surface area (Å²) in [4.78, 5) is 49.8. The molecule has 7 atom stereocenters. The Morgan fingerprint density at radius 1 is 1.03 bits per heavy atom. The maximum atomic E-state index is 14.4. The molecule has 0 radical (unpaired) electrons. The van der Waals surface area contributed by atoms with Gasteiger partial charge in [-0.05, 0) is 12.8 Å². The van der Waals surface area contributed by atoms with E-state index in [0.29, 0.717) is 39.4 Å². The van der Waals surface area contributed by atoms with Crippen molar-refractivity contribution in [2.24, 2.45) is 17.8 Å². The van der Waals surface area contributed by atoms with Crippen molar-refractivity contribution in [1.82, 2.24) is 19.6 Å². The van der Waals surface area contributed by atoms with E-state index in [0.717, 1.165) is 19.5 Å². The molecule has 5 aliphatic rings. The van der Waals surface area contributed by atoms with Gasteiger partial charge in [-0.25, -0.2) is 0 Å². The van der Waals surface area contributed by atoms with Crippen LogP contribution in [0.15, 0.2) is 24.3 Å². The zero-order chi connectivity index (χ0) is 27.2. The fraction of sp³-hybridized carbons (Fsp3) is 0.750. The minimum Gasteiger partial charge on any atom is -0.394 e. The summed E-state index contributed by atoms with van der Waals surface area (Å²) < 4.78 is 12.3. The number of aliphatic hydroxyl groups excluding tert-OH is 1. The lowest BCUT2D eigenvalue weighted by molar-refractivity contribution is -0.157. The van der Waals surface area contributed by atoms with Gasteiger partial charge in [0.1, 0.15) is 11.6 Å². The van der Waals surface area contributed by atoms with Crippen LogP contribution in [0.3, 0.4) is 0 Å². The number of likely N-dealkylation sites (tertiary alicyclic amines) is 1. The number of fused-ring (bicyclic) bond motifs is 2. The molecule has 10 nitrogen and oxygen atoms in total. The number of carbonyl (C=O) groups is 3. The van der Waals surface area contributed by atoms with Gasteiger partial charge in [-0.1, -0.05) is 44.6 Å². The van der Waals surface area contributed by atoms with E-state index in [1.54, 1.807) is 21.7 Å². The van der Waals surface area contributed by atoms with Gasteiger partial charge in [0.2, 0.25) is 17.7 Å². The number of hydrogen-bond acceptors (Lipinski definition) is 7. The van der Waals surface area contributed by atoms with Crippen LogP contribution in [0, 0.1) is 17.8 Å². The van der Waals surface area contributed by atoms with Gasteiger partial charge in [0, 0.05) is 46.3 Å². The van der Waals surface area contributed by atoms with Crippen LogP contribution in [0.5, 0.6) is 0 Å². The van der Waals surface area contributed by atoms with Gasteiger partial charge in [0.25, 0.3) is 0 Å². The highest BCUT2D eigenvalue weighted by molar-refractivity contribution is 6.00. The molecule has 3 saturated heterocycles. The summed E-state index contributed by atoms with van der Waals surface area (Å²) in [7, 11) is 1.73. The van der Waals surface area contributed by atoms with Crippen molar-refractivity contribution in [3.8, 4) is 0 Å². The van der Waals surface area contributed by atoms with E-state index in [1.807, 2.05) is 45.1 Å². The highest BCUT2D eigenvalue weighted by Crippen LogP contribution is 2.58. The molecule has 5 aliphatic heterocycles. The molecule has 3 fully saturated rings. The highest BCUT2D eigenvalue weighted by atomic mass is 16.5. The number of aliphatic hydroxyl groups is 1. The predicted octanol–water partition coefficient (Wildman–Crippen LogP) is 0.123. The number of morpholine rings is 1. The van der Waals surface area contributed by atoms with E-state index >= 15 is 0 Å². The maximum Gasteiger partial charge on any atom is 0.249 e. The highest BCUT2D eigenvalue weighted by Gasteiger charge is 2.75. The van der Waals surface area contributed by atoms with Crippen molar-refractivity contribution in [3.05, 3.63) is 24.3 Å². The molecule has 0 aromatic heterocycles. The Balaban J connectivity index is 1.56. The van der Waals surface area contributed by atoms with Crippen molar-refractivity contribution in [3.63, 3.8) is 0 Å². The van der Waals surface area contributed by atoms with Crippen molar-refractivity contribution >= 4 is 17.7 Å². The summed E-state index contributed by atoms with van der Waals surface area (Å²) in [6, 6.07) is -1.51. The second-order valence-corrected chi connectivity index (χ2v) is 11.6. The van der Waals surface area contributed by atoms with Gasteiger partial charge in [-0.3, -0.25) is 19.3 Å². The van der Waals surface area contributed by atoms with E-state index in [2.05, 4.69) is 4.90 Å². The maximum absolute atomic E-state index is 14.4. The Morgan fingerprint density at radius 3 is 2.42 bits per heavy atom. The summed E-state index contributed by atoms with van der Waals surface area (Å²) in [6.07, 6.45) is 8.32. The van der Waals surface area contributed by atoms with E-state index in [-0.39, 0.29) is 30.2 Å². The second-order valence-electron chi connectivity index (χ2n) is 11.6. The number of hydrogen-bond donors (Lipinski definition) is 1. The van der Waals surface area contributed by atoms with Crippen molar-refractivity contribution in [2.75, 3.05) is 66.1 Å². The summed E-state index contributed by atoms with van der Waals surface area (Å²) in [5.74, 6) is -2.29. The lowest BCUT2D eigenvalue weighted by Gasteiger charge is -2.41. The SMILES string of the molecule is CC[C@H](C)[C@H](CO)N1C(=O)[C@@H]2[C@@H]3C(=O)N(C)CC=C[C@]3(C)O[C@@]23C=CCN(CCN2CCOCC2)C(=O)C13. The molecule has 0 aliphatic carbocycles. The Morgan fingerprint density at radius 2 is 1.74 bits per heavy atom. The number of likely N-dealkylation sites (N-methyl/N-ethyl adjacent to an activating group) is 1. The Bertz CT molecular complexity index is 1010. The first-order valence-corrected chi connectivity index (χ1v) is 14.0. The van der Waals surface area contributed by atoms with Gasteiger partial charge in [0.05, 0.1) is 43.3 Å². The van der Waals surface area contributed by atoms with Crippen molar-refractivity contribution in [2.45, 2.75) is 50.5 Å². The Hall–Kier alpha value is -2.27. The smallest absolute Gasteiger partial charge is 0.249 e. The Kier molecular flexibility index (Phi) is 7.45. The van der Waals surface area contributed by atoms with Crippen LogP contribution in [0.2, 0.25) is 0 Å². The molecule has 1 spiro atoms. The van der Waals surface area contributed by atoms with Crippen molar-refractivity contribution in [1.29, 1.82) is 0 Å². The number of nitrogens with zero attached hydrogens (tertiary/aromatic N) is 4. The molecular weight excluding hydrogens is 488 g/mol. The van der Waals surface area contributed by atoms with Gasteiger partial charge >= 0.3 is 0 Å². The van der Waals surface area contributed by atoms with E-state index in [4.69, 9.17) is 9.47 Å². The zero-order valence-electron chi connectivity index (χ0n) is 23.0. The van der Waals surface area contributed by atoms with Gasteiger partial charge in [-0.15, -0.1) is 0 Å². The minimum absolute atomic E-state index is 0.0413. The molecule has 0 aromatic rings. The standard InChI is InChI=1S/C28H42N4O6/c1-5-19(2)20(18-33)32-23-26(36)31(13-12-30-14-16-37-17-15-30)11-7-9-28(23)22(25(32)35)21-24(34)29(4)10-6-8-27(21,3)38-28/h6-9,19-23,33H,5,10-18H2,1-4H3/t19-,20-,21+,22-,23?,27-,28-/m0/s1. The van der Waals surface area contributed by atoms with Gasteiger partial charge < -0.3 is 29.3 Å². The summed E-state index contributed by atoms with van der Waals surface area (Å²) >= 11 is 0. The normalized spacial score (nSPS) is 37.1. The lowest BCUT2D eigenvalue weighted by atomic mass is 9.74. The van der Waals surface area contributed by atoms with Crippen LogP contribution in [0.25, 0.3) is 0 Å². The van der Waals surface area contributed by atoms with Crippen LogP contribution in [0.1, 0.15) is 27.2 Å². The molecule has 5 heterocycles. The first kappa shape index (κ1) is 27.3. The van der Waals surface area contributed by atoms with Crippen LogP contribution in [-0.4, -0.2) is 132 Å². The van der Waals surface area contributed by atoms with Crippen LogP contribution >= 0.6 is 0 Å². The number of carbonyl (C=O) groups excluding carboxylic acids is 3. The van der Waals surface area contributed by atoms with E-state index in [9.17, 15) is 19.5 Å². The van der Waals surface area contributed by atoms with Crippen molar-refractivity contribution < 1.29 is 29.0 Å². The molecule has 1 unspecified atom stereocenters. The van der Waals surface area contributed by atoms with E-state index in [1.165, 1.54) is 0 Å². The third-order valence-electron chi connectivity index (χ3n) is 9.41. The molecule has 0 bridgehead atoms. The number of amides is 3. The first-order chi connectivity index (χ1) is 18.2. The molecule has 0 saturated carbocycles. The van der Waals surface area contributed by atoms with Crippen LogP contribution in [-0.2, 0) is 23.9 Å². The first-order valence-electron chi connectivity index (χ1n) is 14.0. The molecule has 5 rings (SSSR count). The summed E-state index contributed by atoms with van der Waals surface area (Å²) in [5.41, 5.74) is -2.31. The topological polar surface area (TPSA) is 103 Å². The van der Waals surface area contributed by atoms with Gasteiger partial charge in [0.15, 0.2) is 0 Å². The lowest BCUT2D eigenvalue weighted by Crippen LogP contribution is -2.60. The molecule has 3 amide bonds. The van der Waals surface area contributed by atoms with E-state index < -0.39 is 35.1 Å². The van der Waals surface area contributed by atoms with Gasteiger partial charge in [-0.2, -0.15) is 0 Å². The average Bonchev–Trinajstić information content (AvgIpc) is 3.19. The number of rotatable bonds is 7. The molecular formula is C28H42N4O6. The third kappa shape index (κ3) is 4.20. The zero-order valence-corrected chi connectivity index (χ0v) is 23.0. The summed E-state index contributed by atoms with van der Waals surface area (Å²) in [6.45, 7) is 10.7. The fourth-order valence-corrected chi connectivity index (χ4v) is 7.09. The summed E-state index contributed by atoms with van der Waals surface area (Å²) in [5, 5.41) is 10.5. The minimum atomic E-state index is -1.29. The predicted molar refractivity (Wildman–Crippen MR) is 140 cm³/mol. The second kappa shape index (κ2) is 10.4. The third-order valence-corrected chi connectivity index (χ3v) is 9.41. The van der Waals surface area contributed by atoms with Crippen LogP contribution < -0.4 is 0 Å². The fourth-order valence-electron chi connectivity index (χ4n) is 7.09. The number of ether oxygens (including phenoxy) is 2. The monoisotopic (exact) mass is 530 g/mol. The quantitative estimate of drug-likeness (QED) is 0.467. The largest absolute Gasteiger partial charge is 0.394 e. The Labute approximate surface area is 225 Å². The molecule has 38 heavy (non-hydrogen) atoms. The molecule has 210 valence electrons. The molecule has 0 aromatic carbocycles. The van der Waals surface area contributed by atoms with Crippen LogP contribution in [0.4, 0.5) is 0 Å².